The number of allylic oxidation sites excluding steroid dienone is 2. The average Bonchev–Trinajstić information content (AvgIpc) is 3.53. The van der Waals surface area contributed by atoms with Crippen molar-refractivity contribution in [2.24, 2.45) is 0 Å². The van der Waals surface area contributed by atoms with Crippen LogP contribution in [0, 0.1) is 0 Å². The average molecular weight is 527 g/mol. The number of benzene rings is 1. The van der Waals surface area contributed by atoms with Crippen LogP contribution in [0.25, 0.3) is 0 Å². The fourth-order valence-electron chi connectivity index (χ4n) is 4.84. The summed E-state index contributed by atoms with van der Waals surface area (Å²) in [5.41, 5.74) is 4.25. The Bertz CT molecular complexity index is 763. The van der Waals surface area contributed by atoms with Gasteiger partial charge < -0.3 is 48.1 Å². The Morgan fingerprint density at radius 1 is 0.568 bits per heavy atom. The molecule has 0 heterocycles. The lowest BCUT2D eigenvalue weighted by molar-refractivity contribution is 0.00114. The van der Waals surface area contributed by atoms with Crippen molar-refractivity contribution in [3.63, 3.8) is 0 Å². The molecule has 2 N–H and O–H groups in total. The molecular formula is C27H42O10. The Balaban J connectivity index is 1.61. The third-order valence-electron chi connectivity index (χ3n) is 6.38. The van der Waals surface area contributed by atoms with Crippen LogP contribution in [0.1, 0.15) is 40.5 Å². The number of methoxy groups -OCH3 is 2. The second-order valence-corrected chi connectivity index (χ2v) is 8.69. The summed E-state index contributed by atoms with van der Waals surface area (Å²) in [6.07, 6.45) is 5.54. The highest BCUT2D eigenvalue weighted by Crippen LogP contribution is 2.57. The molecule has 2 atom stereocenters. The highest BCUT2D eigenvalue weighted by molar-refractivity contribution is 5.66. The van der Waals surface area contributed by atoms with Crippen molar-refractivity contribution in [3.8, 4) is 11.5 Å². The number of hydrogen-bond acceptors (Lipinski definition) is 10. The summed E-state index contributed by atoms with van der Waals surface area (Å²) in [4.78, 5) is 0. The van der Waals surface area contributed by atoms with Crippen molar-refractivity contribution in [2.75, 3.05) is 93.5 Å². The van der Waals surface area contributed by atoms with Crippen molar-refractivity contribution in [1.82, 2.24) is 0 Å². The lowest BCUT2D eigenvalue weighted by Gasteiger charge is -2.25. The third kappa shape index (κ3) is 8.36. The second-order valence-electron chi connectivity index (χ2n) is 8.69. The number of aliphatic hydroxyl groups is 2. The van der Waals surface area contributed by atoms with Gasteiger partial charge in [-0.1, -0.05) is 12.2 Å². The topological polar surface area (TPSA) is 114 Å². The molecule has 1 aromatic carbocycles. The molecule has 210 valence electrons. The van der Waals surface area contributed by atoms with Gasteiger partial charge in [0.05, 0.1) is 107 Å². The van der Waals surface area contributed by atoms with Crippen LogP contribution in [-0.2, 0) is 41.6 Å². The summed E-state index contributed by atoms with van der Waals surface area (Å²) in [5, 5.41) is 17.5. The fraction of sp³-hybridized carbons (Fsp3) is 0.704. The van der Waals surface area contributed by atoms with Crippen LogP contribution in [0.4, 0.5) is 0 Å². The van der Waals surface area contributed by atoms with E-state index in [0.717, 1.165) is 29.0 Å². The van der Waals surface area contributed by atoms with E-state index in [-0.39, 0.29) is 13.2 Å². The molecule has 3 rings (SSSR count). The van der Waals surface area contributed by atoms with Crippen LogP contribution in [0.2, 0.25) is 0 Å². The number of ether oxygens (including phenoxy) is 8. The van der Waals surface area contributed by atoms with Crippen molar-refractivity contribution >= 4 is 0 Å². The Kier molecular flexibility index (Phi) is 13.6. The molecule has 10 nitrogen and oxygen atoms in total. The lowest BCUT2D eigenvalue weighted by atomic mass is 9.89. The molecule has 0 aromatic heterocycles. The maximum Gasteiger partial charge on any atom is 0.129 e. The zero-order valence-corrected chi connectivity index (χ0v) is 22.1. The molecule has 37 heavy (non-hydrogen) atoms. The van der Waals surface area contributed by atoms with Gasteiger partial charge in [-0.2, -0.15) is 0 Å². The Morgan fingerprint density at radius 3 is 1.27 bits per heavy atom. The van der Waals surface area contributed by atoms with E-state index in [1.807, 2.05) is 0 Å². The van der Waals surface area contributed by atoms with Gasteiger partial charge in [0.25, 0.3) is 0 Å². The molecule has 2 bridgehead atoms. The molecule has 0 saturated heterocycles. The van der Waals surface area contributed by atoms with E-state index in [2.05, 4.69) is 12.2 Å². The Morgan fingerprint density at radius 2 is 0.919 bits per heavy atom. The molecule has 2 unspecified atom stereocenters. The highest BCUT2D eigenvalue weighted by Gasteiger charge is 2.40. The largest absolute Gasteiger partial charge is 0.496 e. The monoisotopic (exact) mass is 526 g/mol. The zero-order valence-electron chi connectivity index (χ0n) is 22.1. The third-order valence-corrected chi connectivity index (χ3v) is 6.38. The maximum absolute atomic E-state index is 8.74. The first-order chi connectivity index (χ1) is 18.3. The molecule has 0 aliphatic heterocycles. The van der Waals surface area contributed by atoms with Gasteiger partial charge in [-0.05, 0) is 6.42 Å². The van der Waals surface area contributed by atoms with Crippen LogP contribution in [0.15, 0.2) is 12.2 Å². The van der Waals surface area contributed by atoms with Gasteiger partial charge in [0.2, 0.25) is 0 Å². The van der Waals surface area contributed by atoms with Crippen LogP contribution in [0.5, 0.6) is 11.5 Å². The van der Waals surface area contributed by atoms with E-state index in [4.69, 9.17) is 48.1 Å². The number of rotatable bonds is 22. The van der Waals surface area contributed by atoms with Gasteiger partial charge >= 0.3 is 0 Å². The lowest BCUT2D eigenvalue weighted by Crippen LogP contribution is -2.14. The summed E-state index contributed by atoms with van der Waals surface area (Å²) in [6, 6.07) is 0. The van der Waals surface area contributed by atoms with Gasteiger partial charge in [-0.25, -0.2) is 0 Å². The molecule has 10 heteroatoms. The van der Waals surface area contributed by atoms with E-state index < -0.39 is 0 Å². The summed E-state index contributed by atoms with van der Waals surface area (Å²) < 4.78 is 45.4. The van der Waals surface area contributed by atoms with Crippen molar-refractivity contribution in [3.05, 3.63) is 34.4 Å². The van der Waals surface area contributed by atoms with E-state index >= 15 is 0 Å². The highest BCUT2D eigenvalue weighted by atomic mass is 16.6. The molecule has 1 aromatic rings. The number of hydrogen-bond donors (Lipinski definition) is 2. The molecule has 2 aliphatic carbocycles. The predicted molar refractivity (Wildman–Crippen MR) is 136 cm³/mol. The van der Waals surface area contributed by atoms with Crippen LogP contribution in [-0.4, -0.2) is 104 Å². The molecular weight excluding hydrogens is 484 g/mol. The maximum atomic E-state index is 8.74. The first-order valence-corrected chi connectivity index (χ1v) is 12.9. The quantitative estimate of drug-likeness (QED) is 0.172. The van der Waals surface area contributed by atoms with Gasteiger partial charge in [-0.15, -0.1) is 0 Å². The predicted octanol–water partition coefficient (Wildman–Crippen LogP) is 1.93. The van der Waals surface area contributed by atoms with E-state index in [1.165, 1.54) is 11.1 Å². The number of fused-ring (bicyclic) bond motifs is 5. The van der Waals surface area contributed by atoms with E-state index in [0.29, 0.717) is 91.1 Å². The van der Waals surface area contributed by atoms with Crippen molar-refractivity contribution < 1.29 is 48.1 Å². The summed E-state index contributed by atoms with van der Waals surface area (Å²) in [6.45, 7) is 4.80. The smallest absolute Gasteiger partial charge is 0.129 e. The molecule has 0 fully saturated rings. The molecule has 2 aliphatic rings. The molecule has 0 saturated carbocycles. The van der Waals surface area contributed by atoms with Crippen molar-refractivity contribution in [1.29, 1.82) is 0 Å². The Labute approximate surface area is 219 Å². The van der Waals surface area contributed by atoms with E-state index in [9.17, 15) is 0 Å². The SMILES string of the molecule is COc1c(COCCOCCOCCO)c(COCCOCCOCCO)c(OC)c2c1C1C=CC2C1. The van der Waals surface area contributed by atoms with Crippen LogP contribution in [0.3, 0.4) is 0 Å². The first kappa shape index (κ1) is 29.8. The minimum Gasteiger partial charge on any atom is -0.496 e. The van der Waals surface area contributed by atoms with Crippen LogP contribution >= 0.6 is 0 Å². The second kappa shape index (κ2) is 17.0. The molecule has 0 spiro atoms. The minimum absolute atomic E-state index is 0.00599. The first-order valence-electron chi connectivity index (χ1n) is 12.9. The van der Waals surface area contributed by atoms with Gasteiger partial charge in [-0.3, -0.25) is 0 Å². The minimum atomic E-state index is 0.00599. The van der Waals surface area contributed by atoms with Crippen LogP contribution < -0.4 is 9.47 Å². The molecule has 0 amide bonds. The normalized spacial score (nSPS) is 17.5. The van der Waals surface area contributed by atoms with E-state index in [1.54, 1.807) is 14.2 Å². The number of aliphatic hydroxyl groups excluding tert-OH is 2. The van der Waals surface area contributed by atoms with Gasteiger partial charge in [0.15, 0.2) is 0 Å². The molecule has 0 radical (unpaired) electrons. The zero-order chi connectivity index (χ0) is 26.3. The van der Waals surface area contributed by atoms with Crippen molar-refractivity contribution in [2.45, 2.75) is 31.5 Å². The summed E-state index contributed by atoms with van der Waals surface area (Å²) in [7, 11) is 3.41. The summed E-state index contributed by atoms with van der Waals surface area (Å²) in [5.74, 6) is 2.34. The Hall–Kier alpha value is -1.76. The standard InChI is InChI=1S/C27H42O10/c1-30-26-22(18-36-15-13-34-11-9-32-7-5-28)23(19-37-16-14-35-12-10-33-8-6-29)27(31-2)25-21-4-3-20(17-21)24(25)26/h3-4,20-21,28-29H,5-19H2,1-2H3. The van der Waals surface area contributed by atoms with Gasteiger partial charge in [0, 0.05) is 34.1 Å². The summed E-state index contributed by atoms with van der Waals surface area (Å²) >= 11 is 0. The van der Waals surface area contributed by atoms with Gasteiger partial charge in [0.1, 0.15) is 11.5 Å². The fourth-order valence-corrected chi connectivity index (χ4v) is 4.84.